The van der Waals surface area contributed by atoms with E-state index in [1.54, 1.807) is 19.1 Å². The molecule has 1 atom stereocenters. The van der Waals surface area contributed by atoms with Crippen LogP contribution in [-0.4, -0.2) is 60.4 Å². The third-order valence-corrected chi connectivity index (χ3v) is 7.36. The predicted octanol–water partition coefficient (Wildman–Crippen LogP) is 3.06. The fraction of sp³-hybridized carbons (Fsp3) is 0.423. The molecule has 0 aromatic heterocycles. The number of aryl methyl sites for hydroxylation is 2. The molecule has 2 fully saturated rings. The van der Waals surface area contributed by atoms with E-state index in [9.17, 15) is 18.8 Å². The number of hydrogen-bond donors (Lipinski definition) is 1. The first kappa shape index (κ1) is 22.5. The molecule has 7 nitrogen and oxygen atoms in total. The molecule has 2 saturated heterocycles. The molecule has 0 saturated carbocycles. The quantitative estimate of drug-likeness (QED) is 0.544. The van der Waals surface area contributed by atoms with Crippen LogP contribution < -0.4 is 10.2 Å². The first-order valence-corrected chi connectivity index (χ1v) is 11.8. The number of rotatable bonds is 5. The van der Waals surface area contributed by atoms with Gasteiger partial charge in [0.2, 0.25) is 0 Å². The number of urea groups is 1. The summed E-state index contributed by atoms with van der Waals surface area (Å²) in [4.78, 5) is 42.9. The van der Waals surface area contributed by atoms with Crippen LogP contribution in [0.2, 0.25) is 0 Å². The van der Waals surface area contributed by atoms with Gasteiger partial charge in [0.05, 0.1) is 12.4 Å². The summed E-state index contributed by atoms with van der Waals surface area (Å²) in [5.74, 6) is -0.834. The van der Waals surface area contributed by atoms with E-state index in [0.29, 0.717) is 37.4 Å². The smallest absolute Gasteiger partial charge is 0.326 e. The molecule has 34 heavy (non-hydrogen) atoms. The van der Waals surface area contributed by atoms with E-state index < -0.39 is 11.4 Å². The number of ketones is 1. The number of anilines is 1. The Morgan fingerprint density at radius 3 is 2.47 bits per heavy atom. The minimum Gasteiger partial charge on any atom is -0.367 e. The van der Waals surface area contributed by atoms with E-state index in [1.165, 1.54) is 29.0 Å². The van der Waals surface area contributed by atoms with Gasteiger partial charge < -0.3 is 10.2 Å². The summed E-state index contributed by atoms with van der Waals surface area (Å²) in [6.07, 6.45) is 3.20. The molecule has 0 radical (unpaired) electrons. The van der Waals surface area contributed by atoms with E-state index >= 15 is 0 Å². The Bertz CT molecular complexity index is 1170. The number of piperazine rings is 1. The Kier molecular flexibility index (Phi) is 5.64. The Hall–Kier alpha value is -3.26. The summed E-state index contributed by atoms with van der Waals surface area (Å²) in [5, 5.41) is 2.91. The maximum absolute atomic E-state index is 14.5. The van der Waals surface area contributed by atoms with Crippen molar-refractivity contribution in [3.05, 3.63) is 64.5 Å². The van der Waals surface area contributed by atoms with E-state index in [0.717, 1.165) is 24.8 Å². The molecule has 3 amide bonds. The molecule has 0 unspecified atom stereocenters. The third kappa shape index (κ3) is 3.86. The van der Waals surface area contributed by atoms with Gasteiger partial charge in [0.25, 0.3) is 5.91 Å². The fourth-order valence-electron chi connectivity index (χ4n) is 5.22. The van der Waals surface area contributed by atoms with Crippen molar-refractivity contribution in [3.63, 3.8) is 0 Å². The lowest BCUT2D eigenvalue weighted by Gasteiger charge is -2.37. The largest absolute Gasteiger partial charge is 0.367 e. The summed E-state index contributed by atoms with van der Waals surface area (Å²) in [7, 11) is 0. The molecule has 2 aromatic carbocycles. The number of halogens is 1. The van der Waals surface area contributed by atoms with Crippen LogP contribution in [0.5, 0.6) is 0 Å². The molecule has 8 heteroatoms. The van der Waals surface area contributed by atoms with Crippen LogP contribution in [0.15, 0.2) is 36.4 Å². The highest BCUT2D eigenvalue weighted by Crippen LogP contribution is 2.33. The van der Waals surface area contributed by atoms with Crippen LogP contribution in [0, 0.1) is 5.82 Å². The number of hydrogen-bond acceptors (Lipinski definition) is 5. The molecule has 3 aliphatic rings. The number of amides is 3. The molecule has 2 heterocycles. The Labute approximate surface area is 198 Å². The van der Waals surface area contributed by atoms with Crippen molar-refractivity contribution in [3.8, 4) is 0 Å². The third-order valence-electron chi connectivity index (χ3n) is 7.36. The zero-order valence-electron chi connectivity index (χ0n) is 19.6. The van der Waals surface area contributed by atoms with Crippen molar-refractivity contribution in [1.82, 2.24) is 15.1 Å². The molecule has 1 N–H and O–H groups in total. The van der Waals surface area contributed by atoms with Crippen LogP contribution in [-0.2, 0) is 23.2 Å². The summed E-state index contributed by atoms with van der Waals surface area (Å²) >= 11 is 0. The molecule has 1 aliphatic carbocycles. The van der Waals surface area contributed by atoms with E-state index in [4.69, 9.17) is 0 Å². The van der Waals surface area contributed by atoms with Crippen molar-refractivity contribution >= 4 is 23.4 Å². The van der Waals surface area contributed by atoms with Crippen LogP contribution >= 0.6 is 0 Å². The van der Waals surface area contributed by atoms with Gasteiger partial charge in [-0.3, -0.25) is 14.5 Å². The Balaban J connectivity index is 1.24. The highest BCUT2D eigenvalue weighted by Gasteiger charge is 2.49. The molecular weight excluding hydrogens is 435 g/mol. The van der Waals surface area contributed by atoms with Gasteiger partial charge in [0.1, 0.15) is 11.4 Å². The number of nitrogens with zero attached hydrogens (tertiary/aromatic N) is 3. The normalized spacial score (nSPS) is 22.8. The lowest BCUT2D eigenvalue weighted by Crippen LogP contribution is -2.51. The van der Waals surface area contributed by atoms with Crippen LogP contribution in [0.1, 0.15) is 47.3 Å². The second kappa shape index (κ2) is 8.51. The predicted molar refractivity (Wildman–Crippen MR) is 126 cm³/mol. The van der Waals surface area contributed by atoms with Gasteiger partial charge in [-0.2, -0.15) is 0 Å². The molecular formula is C26H29FN4O3. The standard InChI is InChI=1S/C26H29FN4O3/c1-17(32)19-7-9-23(22(27)15-19)30-12-10-29(11-13-30)16-31-24(33)26(2,28-25(31)34)21-8-6-18-4-3-5-20(18)14-21/h6-9,14-15H,3-5,10-13,16H2,1-2H3,(H,28,34)/t26-/m0/s1. The maximum Gasteiger partial charge on any atom is 0.326 e. The van der Waals surface area contributed by atoms with Crippen LogP contribution in [0.4, 0.5) is 14.9 Å². The zero-order chi connectivity index (χ0) is 24.0. The van der Waals surface area contributed by atoms with Gasteiger partial charge in [-0.25, -0.2) is 14.1 Å². The number of nitrogens with one attached hydrogen (secondary N) is 1. The van der Waals surface area contributed by atoms with E-state index in [2.05, 4.69) is 17.4 Å². The number of carbonyl (C=O) groups excluding carboxylic acids is 3. The summed E-state index contributed by atoms with van der Waals surface area (Å²) in [6.45, 7) is 5.67. The van der Waals surface area contributed by atoms with Crippen molar-refractivity contribution in [1.29, 1.82) is 0 Å². The van der Waals surface area contributed by atoms with Gasteiger partial charge in [-0.1, -0.05) is 18.2 Å². The summed E-state index contributed by atoms with van der Waals surface area (Å²) < 4.78 is 14.5. The first-order chi connectivity index (χ1) is 16.3. The molecule has 5 rings (SSSR count). The molecule has 2 aromatic rings. The topological polar surface area (TPSA) is 73.0 Å². The van der Waals surface area contributed by atoms with Crippen molar-refractivity contribution < 1.29 is 18.8 Å². The number of Topliss-reactive ketones (excluding diaryl/α,β-unsaturated/α-hetero) is 1. The van der Waals surface area contributed by atoms with Crippen molar-refractivity contribution in [2.75, 3.05) is 37.7 Å². The Morgan fingerprint density at radius 2 is 1.76 bits per heavy atom. The lowest BCUT2D eigenvalue weighted by molar-refractivity contribution is -0.132. The van der Waals surface area contributed by atoms with Crippen molar-refractivity contribution in [2.45, 2.75) is 38.6 Å². The number of carbonyl (C=O) groups is 3. The van der Waals surface area contributed by atoms with Gasteiger partial charge in [0, 0.05) is 31.7 Å². The highest BCUT2D eigenvalue weighted by atomic mass is 19.1. The maximum atomic E-state index is 14.5. The average Bonchev–Trinajstić information content (AvgIpc) is 3.38. The fourth-order valence-corrected chi connectivity index (χ4v) is 5.22. The molecule has 0 spiro atoms. The lowest BCUT2D eigenvalue weighted by atomic mass is 9.90. The van der Waals surface area contributed by atoms with Crippen LogP contribution in [0.25, 0.3) is 0 Å². The molecule has 2 aliphatic heterocycles. The SMILES string of the molecule is CC(=O)c1ccc(N2CCN(CN3C(=O)N[C@@](C)(c4ccc5c(c4)CCC5)C3=O)CC2)c(F)c1. The summed E-state index contributed by atoms with van der Waals surface area (Å²) in [6, 6.07) is 10.3. The van der Waals surface area contributed by atoms with E-state index in [-0.39, 0.29) is 24.4 Å². The minimum atomic E-state index is -1.07. The second-order valence-electron chi connectivity index (χ2n) is 9.59. The highest BCUT2D eigenvalue weighted by molar-refractivity contribution is 6.07. The molecule has 178 valence electrons. The number of benzene rings is 2. The molecule has 0 bridgehead atoms. The monoisotopic (exact) mass is 464 g/mol. The zero-order valence-corrected chi connectivity index (χ0v) is 19.6. The van der Waals surface area contributed by atoms with Crippen LogP contribution in [0.3, 0.4) is 0 Å². The van der Waals surface area contributed by atoms with Gasteiger partial charge in [0.15, 0.2) is 5.78 Å². The first-order valence-electron chi connectivity index (χ1n) is 11.8. The second-order valence-corrected chi connectivity index (χ2v) is 9.59. The van der Waals surface area contributed by atoms with E-state index in [1.807, 2.05) is 15.9 Å². The summed E-state index contributed by atoms with van der Waals surface area (Å²) in [5.41, 5.74) is 3.15. The minimum absolute atomic E-state index is 0.171. The van der Waals surface area contributed by atoms with Gasteiger partial charge in [-0.05, 0) is 68.0 Å². The van der Waals surface area contributed by atoms with Crippen molar-refractivity contribution in [2.24, 2.45) is 0 Å². The average molecular weight is 465 g/mol. The number of imide groups is 1. The van der Waals surface area contributed by atoms with Gasteiger partial charge in [-0.15, -0.1) is 0 Å². The van der Waals surface area contributed by atoms with Gasteiger partial charge >= 0.3 is 6.03 Å². The number of fused-ring (bicyclic) bond motifs is 1. The Morgan fingerprint density at radius 1 is 1.03 bits per heavy atom.